The maximum absolute atomic E-state index is 11.2. The Morgan fingerprint density at radius 1 is 0.648 bits per heavy atom. The molecular formula is C47H57BrClNO4. The average Bonchev–Trinajstić information content (AvgIpc) is 3.91. The van der Waals surface area contributed by atoms with Gasteiger partial charge in [-0.2, -0.15) is 0 Å². The predicted octanol–water partition coefficient (Wildman–Crippen LogP) is 11.4. The molecule has 288 valence electrons. The fraction of sp³-hybridized carbons (Fsp3) is 0.362. The van der Waals surface area contributed by atoms with Crippen LogP contribution in [0.2, 0.25) is 0 Å². The van der Waals surface area contributed by atoms with E-state index in [0.29, 0.717) is 6.04 Å². The van der Waals surface area contributed by atoms with Gasteiger partial charge in [-0.3, -0.25) is 4.90 Å². The second-order valence-electron chi connectivity index (χ2n) is 13.9. The van der Waals surface area contributed by atoms with E-state index in [1.165, 1.54) is 105 Å². The minimum Gasteiger partial charge on any atom is -0.466 e. The molecule has 1 saturated heterocycles. The predicted molar refractivity (Wildman–Crippen MR) is 231 cm³/mol. The number of carbonyl (C=O) groups is 2. The van der Waals surface area contributed by atoms with Crippen LogP contribution in [-0.4, -0.2) is 49.5 Å². The number of methoxy groups -OCH3 is 2. The molecule has 7 heteroatoms. The van der Waals surface area contributed by atoms with Gasteiger partial charge in [0, 0.05) is 30.1 Å². The van der Waals surface area contributed by atoms with Crippen LogP contribution in [0.4, 0.5) is 0 Å². The molecule has 1 aliphatic carbocycles. The van der Waals surface area contributed by atoms with E-state index in [1.54, 1.807) is 12.2 Å². The second kappa shape index (κ2) is 24.4. The highest BCUT2D eigenvalue weighted by Gasteiger charge is 2.25. The molecule has 0 radical (unpaired) electrons. The summed E-state index contributed by atoms with van der Waals surface area (Å²) in [4.78, 5) is 24.7. The molecule has 1 aliphatic heterocycles. The Hall–Kier alpha value is -3.97. The molecule has 2 aliphatic rings. The van der Waals surface area contributed by atoms with Gasteiger partial charge < -0.3 is 9.47 Å². The molecule has 4 aromatic rings. The van der Waals surface area contributed by atoms with E-state index in [2.05, 4.69) is 141 Å². The van der Waals surface area contributed by atoms with Gasteiger partial charge in [0.1, 0.15) is 0 Å². The molecule has 0 N–H and O–H groups in total. The van der Waals surface area contributed by atoms with Gasteiger partial charge in [-0.05, 0) is 110 Å². The van der Waals surface area contributed by atoms with Crippen LogP contribution in [0.25, 0.3) is 12.2 Å². The quantitative estimate of drug-likeness (QED) is 0.0857. The van der Waals surface area contributed by atoms with Crippen LogP contribution >= 0.6 is 28.3 Å². The normalized spacial score (nSPS) is 15.5. The third-order valence-corrected chi connectivity index (χ3v) is 10.4. The number of halogens is 2. The lowest BCUT2D eigenvalue weighted by Crippen LogP contribution is -2.25. The zero-order valence-electron chi connectivity index (χ0n) is 32.3. The molecule has 0 amide bonds. The average molecular weight is 815 g/mol. The van der Waals surface area contributed by atoms with Gasteiger partial charge in [-0.25, -0.2) is 9.59 Å². The van der Waals surface area contributed by atoms with Crippen LogP contribution in [-0.2, 0) is 31.9 Å². The standard InChI is InChI=1S/C23H27NO2.C15H18O2.C9H11Br.ClH/c1-18-5-7-20(8-6-18)15-17-24-16-3-4-22(24)21-12-9-19(10-13-21)11-14-23(25)26-2;1-17-15(16)11-8-12-6-9-14(10-7-12)13-4-2-3-5-13;1-8-2-4-9(5-3-8)6-7-10;/h5-14,22H,3-4,15-17H2,1-2H3;6-11,13H,2-5H2,1H3;2-5H,6-7H2,1H3;1H/b14-11+;11-8+;;/t22-;;;/m0.../s1. The summed E-state index contributed by atoms with van der Waals surface area (Å²) in [6.07, 6.45) is 16.5. The highest BCUT2D eigenvalue weighted by atomic mass is 79.9. The summed E-state index contributed by atoms with van der Waals surface area (Å²) >= 11 is 3.40. The maximum atomic E-state index is 11.2. The van der Waals surface area contributed by atoms with E-state index in [-0.39, 0.29) is 24.3 Å². The molecule has 2 fully saturated rings. The highest BCUT2D eigenvalue weighted by molar-refractivity contribution is 9.09. The molecule has 1 heterocycles. The van der Waals surface area contributed by atoms with Crippen molar-refractivity contribution in [1.82, 2.24) is 4.90 Å². The summed E-state index contributed by atoms with van der Waals surface area (Å²) in [6, 6.07) is 35.0. The maximum Gasteiger partial charge on any atom is 0.330 e. The summed E-state index contributed by atoms with van der Waals surface area (Å²) in [5.74, 6) is 0.102. The Morgan fingerprint density at radius 2 is 1.11 bits per heavy atom. The van der Waals surface area contributed by atoms with Crippen molar-refractivity contribution in [2.24, 2.45) is 0 Å². The number of aryl methyl sites for hydroxylation is 3. The largest absolute Gasteiger partial charge is 0.466 e. The summed E-state index contributed by atoms with van der Waals surface area (Å²) < 4.78 is 9.18. The number of rotatable bonds is 11. The Morgan fingerprint density at radius 3 is 1.57 bits per heavy atom. The van der Waals surface area contributed by atoms with Gasteiger partial charge >= 0.3 is 11.9 Å². The lowest BCUT2D eigenvalue weighted by molar-refractivity contribution is -0.135. The molecule has 0 aromatic heterocycles. The van der Waals surface area contributed by atoms with Gasteiger partial charge in [0.05, 0.1) is 14.2 Å². The number of hydrogen-bond donors (Lipinski definition) is 0. The molecular weight excluding hydrogens is 758 g/mol. The lowest BCUT2D eigenvalue weighted by Gasteiger charge is -2.25. The highest BCUT2D eigenvalue weighted by Crippen LogP contribution is 2.34. The molecule has 5 nitrogen and oxygen atoms in total. The van der Waals surface area contributed by atoms with Gasteiger partial charge in [0.2, 0.25) is 0 Å². The Balaban J connectivity index is 0.000000240. The van der Waals surface area contributed by atoms with Gasteiger partial charge in [0.15, 0.2) is 0 Å². The van der Waals surface area contributed by atoms with E-state index in [1.807, 2.05) is 0 Å². The van der Waals surface area contributed by atoms with E-state index in [4.69, 9.17) is 0 Å². The molecule has 1 atom stereocenters. The number of ether oxygens (including phenoxy) is 2. The Kier molecular flexibility index (Phi) is 20.1. The molecule has 1 saturated carbocycles. The number of esters is 2. The van der Waals surface area contributed by atoms with Crippen molar-refractivity contribution < 1.29 is 19.1 Å². The summed E-state index contributed by atoms with van der Waals surface area (Å²) in [5, 5.41) is 1.05. The summed E-state index contributed by atoms with van der Waals surface area (Å²) in [7, 11) is 2.77. The summed E-state index contributed by atoms with van der Waals surface area (Å²) in [5.41, 5.74) is 10.3. The van der Waals surface area contributed by atoms with Gasteiger partial charge in [-0.1, -0.05) is 137 Å². The number of carbonyl (C=O) groups excluding carboxylic acids is 2. The van der Waals surface area contributed by atoms with Gasteiger partial charge in [-0.15, -0.1) is 12.4 Å². The molecule has 0 bridgehead atoms. The van der Waals surface area contributed by atoms with Crippen molar-refractivity contribution in [1.29, 1.82) is 0 Å². The minimum absolute atomic E-state index is 0. The van der Waals surface area contributed by atoms with Crippen LogP contribution in [0.1, 0.15) is 95.0 Å². The number of alkyl halides is 1. The van der Waals surface area contributed by atoms with E-state index in [9.17, 15) is 9.59 Å². The second-order valence-corrected chi connectivity index (χ2v) is 14.7. The van der Waals surface area contributed by atoms with Crippen molar-refractivity contribution in [3.05, 3.63) is 154 Å². The topological polar surface area (TPSA) is 55.8 Å². The fourth-order valence-corrected chi connectivity index (χ4v) is 7.25. The molecule has 4 aromatic carbocycles. The summed E-state index contributed by atoms with van der Waals surface area (Å²) in [6.45, 7) is 6.50. The van der Waals surface area contributed by atoms with Gasteiger partial charge in [0.25, 0.3) is 0 Å². The minimum atomic E-state index is -0.327. The van der Waals surface area contributed by atoms with Crippen molar-refractivity contribution in [2.45, 2.75) is 77.2 Å². The van der Waals surface area contributed by atoms with Crippen LogP contribution in [0, 0.1) is 13.8 Å². The molecule has 6 rings (SSSR count). The van der Waals surface area contributed by atoms with E-state index >= 15 is 0 Å². The van der Waals surface area contributed by atoms with Crippen LogP contribution in [0.15, 0.2) is 109 Å². The fourth-order valence-electron chi connectivity index (χ4n) is 6.79. The van der Waals surface area contributed by atoms with Crippen molar-refractivity contribution in [2.75, 3.05) is 32.6 Å². The number of benzene rings is 4. The zero-order chi connectivity index (χ0) is 37.8. The third kappa shape index (κ3) is 15.4. The van der Waals surface area contributed by atoms with Crippen LogP contribution < -0.4 is 0 Å². The SMILES string of the molecule is COC(=O)/C=C/c1ccc(C2CCCC2)cc1.COC(=O)/C=C/c1ccc([C@@H]2CCCN2CCc2ccc(C)cc2)cc1.Cc1ccc(CCBr)cc1.Cl. The molecule has 54 heavy (non-hydrogen) atoms. The zero-order valence-corrected chi connectivity index (χ0v) is 34.7. The first-order chi connectivity index (χ1) is 25.8. The van der Waals surface area contributed by atoms with E-state index < -0.39 is 0 Å². The van der Waals surface area contributed by atoms with Crippen molar-refractivity contribution in [3.63, 3.8) is 0 Å². The number of likely N-dealkylation sites (tertiary alicyclic amines) is 1. The monoisotopic (exact) mass is 813 g/mol. The Bertz CT molecular complexity index is 1730. The number of hydrogen-bond acceptors (Lipinski definition) is 5. The lowest BCUT2D eigenvalue weighted by atomic mass is 9.97. The number of nitrogens with zero attached hydrogens (tertiary/aromatic N) is 1. The Labute approximate surface area is 338 Å². The first kappa shape index (κ1) is 44.4. The molecule has 0 unspecified atom stereocenters. The third-order valence-electron chi connectivity index (χ3n) is 9.99. The first-order valence-electron chi connectivity index (χ1n) is 18.9. The smallest absolute Gasteiger partial charge is 0.330 e. The van der Waals surface area contributed by atoms with Crippen molar-refractivity contribution >= 4 is 52.4 Å². The first-order valence-corrected chi connectivity index (χ1v) is 20.0. The van der Waals surface area contributed by atoms with Crippen molar-refractivity contribution in [3.8, 4) is 0 Å². The molecule has 0 spiro atoms. The van der Waals surface area contributed by atoms with E-state index in [0.717, 1.165) is 41.8 Å². The van der Waals surface area contributed by atoms with Crippen LogP contribution in [0.5, 0.6) is 0 Å². The van der Waals surface area contributed by atoms with Crippen LogP contribution in [0.3, 0.4) is 0 Å².